The summed E-state index contributed by atoms with van der Waals surface area (Å²) in [6, 6.07) is 7.84. The van der Waals surface area contributed by atoms with Gasteiger partial charge in [0, 0.05) is 18.5 Å². The summed E-state index contributed by atoms with van der Waals surface area (Å²) in [4.78, 5) is 15.0. The molecule has 4 rings (SSSR count). The number of fused-ring (bicyclic) bond motifs is 3. The summed E-state index contributed by atoms with van der Waals surface area (Å²) >= 11 is 1.66. The van der Waals surface area contributed by atoms with Gasteiger partial charge < -0.3 is 14.8 Å². The highest BCUT2D eigenvalue weighted by Crippen LogP contribution is 2.71. The molecule has 1 fully saturated rings. The Morgan fingerprint density at radius 2 is 2.00 bits per heavy atom. The van der Waals surface area contributed by atoms with Gasteiger partial charge in [0.1, 0.15) is 12.4 Å². The third-order valence-corrected chi connectivity index (χ3v) is 7.32. The Balaban J connectivity index is 1.37. The fourth-order valence-electron chi connectivity index (χ4n) is 4.52. The maximum Gasteiger partial charge on any atom is 0.261 e. The van der Waals surface area contributed by atoms with Crippen LogP contribution in [0, 0.1) is 18.3 Å². The zero-order valence-corrected chi connectivity index (χ0v) is 17.2. The molecule has 2 aliphatic rings. The molecule has 1 saturated carbocycles. The molecule has 0 spiro atoms. The number of nitrogens with one attached hydrogen (secondary N) is 1. The Labute approximate surface area is 164 Å². The second kappa shape index (κ2) is 6.95. The lowest BCUT2D eigenvalue weighted by atomic mass is 9.95. The first-order chi connectivity index (χ1) is 12.9. The van der Waals surface area contributed by atoms with E-state index in [0.717, 1.165) is 28.5 Å². The van der Waals surface area contributed by atoms with Gasteiger partial charge in [0.05, 0.1) is 11.5 Å². The highest BCUT2D eigenvalue weighted by Gasteiger charge is 2.63. The molecule has 0 unspecified atom stereocenters. The average molecular weight is 386 g/mol. The maximum absolute atomic E-state index is 12.8. The van der Waals surface area contributed by atoms with Gasteiger partial charge in [-0.2, -0.15) is 0 Å². The number of benzene rings is 1. The van der Waals surface area contributed by atoms with Crippen LogP contribution in [0.25, 0.3) is 0 Å². The van der Waals surface area contributed by atoms with Gasteiger partial charge in [-0.1, -0.05) is 26.0 Å². The van der Waals surface area contributed by atoms with Crippen LogP contribution in [0.1, 0.15) is 51.0 Å². The Bertz CT molecular complexity index is 853. The van der Waals surface area contributed by atoms with E-state index in [-0.39, 0.29) is 5.91 Å². The van der Waals surface area contributed by atoms with Crippen molar-refractivity contribution in [2.45, 2.75) is 39.7 Å². The van der Waals surface area contributed by atoms with Crippen molar-refractivity contribution in [3.05, 3.63) is 50.7 Å². The minimum atomic E-state index is 0.0591. The van der Waals surface area contributed by atoms with Gasteiger partial charge in [0.25, 0.3) is 5.91 Å². The molecule has 5 heteroatoms. The van der Waals surface area contributed by atoms with Gasteiger partial charge in [-0.15, -0.1) is 11.3 Å². The highest BCUT2D eigenvalue weighted by molar-refractivity contribution is 7.14. The predicted molar refractivity (Wildman–Crippen MR) is 108 cm³/mol. The van der Waals surface area contributed by atoms with Crippen molar-refractivity contribution >= 4 is 17.2 Å². The van der Waals surface area contributed by atoms with E-state index in [1.54, 1.807) is 18.4 Å². The van der Waals surface area contributed by atoms with Gasteiger partial charge in [0.15, 0.2) is 0 Å². The minimum absolute atomic E-state index is 0.0591. The summed E-state index contributed by atoms with van der Waals surface area (Å²) in [5.74, 6) is 2.27. The lowest BCUT2D eigenvalue weighted by Gasteiger charge is -2.10. The first kappa shape index (κ1) is 18.5. The third-order valence-electron chi connectivity index (χ3n) is 6.16. The van der Waals surface area contributed by atoms with Gasteiger partial charge in [-0.3, -0.25) is 4.79 Å². The molecule has 4 nitrogen and oxygen atoms in total. The molecule has 1 heterocycles. The van der Waals surface area contributed by atoms with E-state index in [4.69, 9.17) is 9.47 Å². The predicted octanol–water partition coefficient (Wildman–Crippen LogP) is 4.31. The summed E-state index contributed by atoms with van der Waals surface area (Å²) in [6.07, 6.45) is 1.06. The number of carbonyl (C=O) groups is 1. The van der Waals surface area contributed by atoms with E-state index in [1.807, 2.05) is 24.3 Å². The van der Waals surface area contributed by atoms with Crippen molar-refractivity contribution in [3.8, 4) is 5.75 Å². The summed E-state index contributed by atoms with van der Waals surface area (Å²) in [6.45, 7) is 8.51. The SMILES string of the molecule is COCCOc1ccc(CNC(=O)c2sc(C)c3c2C[C@@H]2[C@H]3C2(C)C)cc1. The second-order valence-corrected chi connectivity index (χ2v) is 9.38. The van der Waals surface area contributed by atoms with Crippen molar-refractivity contribution in [2.24, 2.45) is 11.3 Å². The first-order valence-corrected chi connectivity index (χ1v) is 10.4. The molecule has 2 atom stereocenters. The van der Waals surface area contributed by atoms with Crippen LogP contribution in [-0.2, 0) is 17.7 Å². The van der Waals surface area contributed by atoms with E-state index < -0.39 is 0 Å². The van der Waals surface area contributed by atoms with E-state index in [1.165, 1.54) is 16.0 Å². The summed E-state index contributed by atoms with van der Waals surface area (Å²) in [7, 11) is 1.66. The number of hydrogen-bond donors (Lipinski definition) is 1. The number of carbonyl (C=O) groups excluding carboxylic acids is 1. The summed E-state index contributed by atoms with van der Waals surface area (Å²) in [5, 5.41) is 3.09. The Morgan fingerprint density at radius 1 is 1.26 bits per heavy atom. The molecular weight excluding hydrogens is 358 g/mol. The number of thiophene rings is 1. The largest absolute Gasteiger partial charge is 0.491 e. The van der Waals surface area contributed by atoms with Crippen LogP contribution in [0.15, 0.2) is 24.3 Å². The van der Waals surface area contributed by atoms with Crippen LogP contribution in [0.5, 0.6) is 5.75 Å². The summed E-state index contributed by atoms with van der Waals surface area (Å²) < 4.78 is 10.5. The molecular formula is C22H27NO3S. The van der Waals surface area contributed by atoms with Gasteiger partial charge in [-0.05, 0) is 59.4 Å². The maximum atomic E-state index is 12.8. The molecule has 2 aromatic rings. The fraction of sp³-hybridized carbons (Fsp3) is 0.500. The van der Waals surface area contributed by atoms with Crippen molar-refractivity contribution < 1.29 is 14.3 Å². The molecule has 1 amide bonds. The molecule has 0 saturated heterocycles. The normalized spacial score (nSPS) is 21.5. The lowest BCUT2D eigenvalue weighted by molar-refractivity contribution is 0.0954. The number of methoxy groups -OCH3 is 1. The standard InChI is InChI=1S/C22H27NO3S/c1-13-18-16(11-17-19(18)22(17,2)3)20(27-13)21(24)23-12-14-5-7-15(8-6-14)26-10-9-25-4/h5-8,17,19H,9-12H2,1-4H3,(H,23,24)/t17-,19-/m1/s1. The molecule has 0 aliphatic heterocycles. The Morgan fingerprint density at radius 3 is 2.70 bits per heavy atom. The van der Waals surface area contributed by atoms with Crippen LogP contribution >= 0.6 is 11.3 Å². The van der Waals surface area contributed by atoms with Gasteiger partial charge in [0.2, 0.25) is 0 Å². The van der Waals surface area contributed by atoms with Crippen molar-refractivity contribution in [2.75, 3.05) is 20.3 Å². The summed E-state index contributed by atoms with van der Waals surface area (Å²) in [5.41, 5.74) is 4.26. The molecule has 27 heavy (non-hydrogen) atoms. The highest BCUT2D eigenvalue weighted by atomic mass is 32.1. The minimum Gasteiger partial charge on any atom is -0.491 e. The Kier molecular flexibility index (Phi) is 4.77. The van der Waals surface area contributed by atoms with Crippen LogP contribution < -0.4 is 10.1 Å². The molecule has 1 N–H and O–H groups in total. The number of rotatable bonds is 7. The third kappa shape index (κ3) is 3.27. The topological polar surface area (TPSA) is 47.6 Å². The average Bonchev–Trinajstić information content (AvgIpc) is 2.97. The van der Waals surface area contributed by atoms with Gasteiger partial charge in [-0.25, -0.2) is 0 Å². The number of amides is 1. The molecule has 2 aliphatic carbocycles. The van der Waals surface area contributed by atoms with Crippen LogP contribution in [0.4, 0.5) is 0 Å². The fourth-order valence-corrected chi connectivity index (χ4v) is 5.67. The van der Waals surface area contributed by atoms with E-state index in [9.17, 15) is 4.79 Å². The number of aryl methyl sites for hydroxylation is 1. The van der Waals surface area contributed by atoms with Gasteiger partial charge >= 0.3 is 0 Å². The van der Waals surface area contributed by atoms with E-state index >= 15 is 0 Å². The Hall–Kier alpha value is -1.85. The molecule has 0 radical (unpaired) electrons. The monoisotopic (exact) mass is 385 g/mol. The van der Waals surface area contributed by atoms with Crippen molar-refractivity contribution in [3.63, 3.8) is 0 Å². The van der Waals surface area contributed by atoms with Crippen LogP contribution in [0.2, 0.25) is 0 Å². The quantitative estimate of drug-likeness (QED) is 0.723. The van der Waals surface area contributed by atoms with Crippen LogP contribution in [-0.4, -0.2) is 26.2 Å². The van der Waals surface area contributed by atoms with Crippen LogP contribution in [0.3, 0.4) is 0 Å². The number of hydrogen-bond acceptors (Lipinski definition) is 4. The zero-order chi connectivity index (χ0) is 19.2. The lowest BCUT2D eigenvalue weighted by Crippen LogP contribution is -2.23. The van der Waals surface area contributed by atoms with Crippen molar-refractivity contribution in [1.29, 1.82) is 0 Å². The smallest absolute Gasteiger partial charge is 0.261 e. The molecule has 1 aromatic carbocycles. The second-order valence-electron chi connectivity index (χ2n) is 8.16. The molecule has 0 bridgehead atoms. The van der Waals surface area contributed by atoms with Crippen molar-refractivity contribution in [1.82, 2.24) is 5.32 Å². The molecule has 144 valence electrons. The molecule has 1 aromatic heterocycles. The zero-order valence-electron chi connectivity index (χ0n) is 16.4. The first-order valence-electron chi connectivity index (χ1n) is 9.54. The number of ether oxygens (including phenoxy) is 2. The van der Waals surface area contributed by atoms with E-state index in [2.05, 4.69) is 26.1 Å². The van der Waals surface area contributed by atoms with E-state index in [0.29, 0.717) is 31.1 Å².